The van der Waals surface area contributed by atoms with E-state index in [-0.39, 0.29) is 11.5 Å². The minimum atomic E-state index is -2.79. The van der Waals surface area contributed by atoms with Crippen molar-refractivity contribution in [3.63, 3.8) is 0 Å². The Morgan fingerprint density at radius 2 is 2.05 bits per heavy atom. The SMILES string of the molecule is CN=C(NCCc1cccs1)NCCN1CCS(=O)(=O)CC1. The number of aliphatic imine (C=N–C) groups is 1. The van der Waals surface area contributed by atoms with Crippen LogP contribution in [-0.4, -0.2) is 70.6 Å². The van der Waals surface area contributed by atoms with Gasteiger partial charge in [-0.15, -0.1) is 11.3 Å². The molecule has 6 nitrogen and oxygen atoms in total. The van der Waals surface area contributed by atoms with Crippen molar-refractivity contribution >= 4 is 27.1 Å². The smallest absolute Gasteiger partial charge is 0.191 e. The maximum absolute atomic E-state index is 11.4. The molecule has 2 N–H and O–H groups in total. The van der Waals surface area contributed by atoms with Gasteiger partial charge in [0.25, 0.3) is 0 Å². The average molecular weight is 345 g/mol. The number of hydrogen-bond acceptors (Lipinski definition) is 5. The molecule has 1 aliphatic heterocycles. The zero-order chi connectivity index (χ0) is 15.8. The molecular formula is C14H24N4O2S2. The van der Waals surface area contributed by atoms with E-state index in [1.54, 1.807) is 18.4 Å². The summed E-state index contributed by atoms with van der Waals surface area (Å²) in [5.74, 6) is 1.35. The van der Waals surface area contributed by atoms with Crippen LogP contribution in [0.2, 0.25) is 0 Å². The Kier molecular flexibility index (Phi) is 6.66. The lowest BCUT2D eigenvalue weighted by atomic mass is 10.3. The van der Waals surface area contributed by atoms with Crippen LogP contribution in [0.25, 0.3) is 0 Å². The quantitative estimate of drug-likeness (QED) is 0.569. The summed E-state index contributed by atoms with van der Waals surface area (Å²) in [6, 6.07) is 4.19. The minimum Gasteiger partial charge on any atom is -0.356 e. The third-order valence-electron chi connectivity index (χ3n) is 3.63. The van der Waals surface area contributed by atoms with E-state index in [2.05, 4.69) is 38.0 Å². The van der Waals surface area contributed by atoms with Gasteiger partial charge in [0.05, 0.1) is 11.5 Å². The van der Waals surface area contributed by atoms with E-state index in [4.69, 9.17) is 0 Å². The maximum Gasteiger partial charge on any atom is 0.191 e. The Labute approximate surface area is 136 Å². The molecule has 1 aromatic rings. The van der Waals surface area contributed by atoms with Crippen molar-refractivity contribution in [3.8, 4) is 0 Å². The van der Waals surface area contributed by atoms with Crippen molar-refractivity contribution < 1.29 is 8.42 Å². The van der Waals surface area contributed by atoms with Gasteiger partial charge in [0.15, 0.2) is 15.8 Å². The van der Waals surface area contributed by atoms with E-state index in [9.17, 15) is 8.42 Å². The van der Waals surface area contributed by atoms with Gasteiger partial charge in [-0.2, -0.15) is 0 Å². The number of thiophene rings is 1. The third-order valence-corrected chi connectivity index (χ3v) is 6.17. The molecule has 0 aliphatic carbocycles. The zero-order valence-electron chi connectivity index (χ0n) is 12.9. The second-order valence-corrected chi connectivity index (χ2v) is 8.58. The predicted octanol–water partition coefficient (Wildman–Crippen LogP) is 0.186. The molecule has 0 bridgehead atoms. The number of nitrogens with one attached hydrogen (secondary N) is 2. The molecule has 0 saturated carbocycles. The first-order valence-electron chi connectivity index (χ1n) is 7.49. The van der Waals surface area contributed by atoms with E-state index < -0.39 is 9.84 Å². The molecule has 1 aromatic heterocycles. The van der Waals surface area contributed by atoms with Gasteiger partial charge in [0.1, 0.15) is 0 Å². The fourth-order valence-corrected chi connectivity index (χ4v) is 4.27. The van der Waals surface area contributed by atoms with Crippen LogP contribution < -0.4 is 10.6 Å². The lowest BCUT2D eigenvalue weighted by Crippen LogP contribution is -2.46. The zero-order valence-corrected chi connectivity index (χ0v) is 14.5. The van der Waals surface area contributed by atoms with E-state index in [0.717, 1.165) is 32.0 Å². The molecule has 8 heteroatoms. The number of hydrogen-bond donors (Lipinski definition) is 2. The summed E-state index contributed by atoms with van der Waals surface area (Å²) in [6.07, 6.45) is 0.988. The fourth-order valence-electron chi connectivity index (χ4n) is 2.29. The summed E-state index contributed by atoms with van der Waals surface area (Å²) < 4.78 is 22.7. The highest BCUT2D eigenvalue weighted by molar-refractivity contribution is 7.91. The highest BCUT2D eigenvalue weighted by Gasteiger charge is 2.20. The second kappa shape index (κ2) is 8.50. The van der Waals surface area contributed by atoms with E-state index in [1.165, 1.54) is 4.88 Å². The fraction of sp³-hybridized carbons (Fsp3) is 0.643. The molecule has 0 aromatic carbocycles. The number of nitrogens with zero attached hydrogens (tertiary/aromatic N) is 2. The number of rotatable bonds is 6. The van der Waals surface area contributed by atoms with Crippen molar-refractivity contribution in [1.29, 1.82) is 0 Å². The van der Waals surface area contributed by atoms with Crippen LogP contribution in [0.15, 0.2) is 22.5 Å². The van der Waals surface area contributed by atoms with Crippen LogP contribution >= 0.6 is 11.3 Å². The van der Waals surface area contributed by atoms with Crippen molar-refractivity contribution in [2.45, 2.75) is 6.42 Å². The summed E-state index contributed by atoms with van der Waals surface area (Å²) in [4.78, 5) is 7.73. The standard InChI is InChI=1S/C14H24N4O2S2/c1-15-14(16-5-4-13-3-2-10-21-13)17-6-7-18-8-11-22(19,20)12-9-18/h2-3,10H,4-9,11-12H2,1H3,(H2,15,16,17). The van der Waals surface area contributed by atoms with Crippen LogP contribution in [-0.2, 0) is 16.3 Å². The summed E-state index contributed by atoms with van der Waals surface area (Å²) in [5.41, 5.74) is 0. The molecule has 1 aliphatic rings. The summed E-state index contributed by atoms with van der Waals surface area (Å²) >= 11 is 1.76. The van der Waals surface area contributed by atoms with Gasteiger partial charge in [-0.05, 0) is 17.9 Å². The molecule has 124 valence electrons. The van der Waals surface area contributed by atoms with Gasteiger partial charge in [0, 0.05) is 44.6 Å². The monoisotopic (exact) mass is 344 g/mol. The van der Waals surface area contributed by atoms with E-state index in [0.29, 0.717) is 13.1 Å². The topological polar surface area (TPSA) is 73.8 Å². The Morgan fingerprint density at radius 1 is 1.32 bits per heavy atom. The van der Waals surface area contributed by atoms with Crippen LogP contribution in [0.4, 0.5) is 0 Å². The minimum absolute atomic E-state index is 0.279. The van der Waals surface area contributed by atoms with Gasteiger partial charge in [-0.25, -0.2) is 8.42 Å². The molecule has 0 atom stereocenters. The second-order valence-electron chi connectivity index (χ2n) is 5.25. The van der Waals surface area contributed by atoms with Crippen molar-refractivity contribution in [2.24, 2.45) is 4.99 Å². The molecule has 0 radical (unpaired) electrons. The Balaban J connectivity index is 1.60. The highest BCUT2D eigenvalue weighted by atomic mass is 32.2. The first kappa shape index (κ1) is 17.2. The number of guanidine groups is 1. The number of sulfone groups is 1. The largest absolute Gasteiger partial charge is 0.356 e. The summed E-state index contributed by atoms with van der Waals surface area (Å²) in [7, 11) is -1.03. The normalized spacial score (nSPS) is 19.0. The van der Waals surface area contributed by atoms with Crippen LogP contribution in [0.3, 0.4) is 0 Å². The van der Waals surface area contributed by atoms with E-state index in [1.807, 2.05) is 0 Å². The van der Waals surface area contributed by atoms with Gasteiger partial charge in [0.2, 0.25) is 0 Å². The Hall–Kier alpha value is -1.12. The predicted molar refractivity (Wildman–Crippen MR) is 92.5 cm³/mol. The third kappa shape index (κ3) is 5.94. The molecule has 0 unspecified atom stereocenters. The highest BCUT2D eigenvalue weighted by Crippen LogP contribution is 2.08. The summed E-state index contributed by atoms with van der Waals surface area (Å²) in [5, 5.41) is 8.64. The van der Waals surface area contributed by atoms with Crippen LogP contribution in [0.5, 0.6) is 0 Å². The van der Waals surface area contributed by atoms with Gasteiger partial charge in [-0.3, -0.25) is 9.89 Å². The molecule has 1 saturated heterocycles. The first-order valence-corrected chi connectivity index (χ1v) is 10.2. The van der Waals surface area contributed by atoms with Gasteiger partial charge in [-0.1, -0.05) is 6.07 Å². The van der Waals surface area contributed by atoms with Gasteiger partial charge >= 0.3 is 0 Å². The van der Waals surface area contributed by atoms with Crippen LogP contribution in [0, 0.1) is 0 Å². The first-order chi connectivity index (χ1) is 10.6. The van der Waals surface area contributed by atoms with Crippen molar-refractivity contribution in [3.05, 3.63) is 22.4 Å². The summed E-state index contributed by atoms with van der Waals surface area (Å²) in [6.45, 7) is 3.71. The Bertz CT molecular complexity index is 556. The molecule has 2 heterocycles. The molecule has 0 spiro atoms. The Morgan fingerprint density at radius 3 is 2.68 bits per heavy atom. The van der Waals surface area contributed by atoms with Crippen LogP contribution in [0.1, 0.15) is 4.88 Å². The molecule has 22 heavy (non-hydrogen) atoms. The van der Waals surface area contributed by atoms with Gasteiger partial charge < -0.3 is 10.6 Å². The molecular weight excluding hydrogens is 320 g/mol. The van der Waals surface area contributed by atoms with E-state index >= 15 is 0 Å². The molecule has 2 rings (SSSR count). The lowest BCUT2D eigenvalue weighted by molar-refractivity contribution is 0.299. The van der Waals surface area contributed by atoms with Crippen molar-refractivity contribution in [2.75, 3.05) is 51.3 Å². The molecule has 1 fully saturated rings. The lowest BCUT2D eigenvalue weighted by Gasteiger charge is -2.26. The average Bonchev–Trinajstić information content (AvgIpc) is 3.00. The maximum atomic E-state index is 11.4. The molecule has 0 amide bonds. The van der Waals surface area contributed by atoms with Crippen molar-refractivity contribution in [1.82, 2.24) is 15.5 Å².